The third kappa shape index (κ3) is 4.99. The molecule has 0 aliphatic rings. The number of nitrogens with one attached hydrogen (secondary N) is 1. The van der Waals surface area contributed by atoms with Gasteiger partial charge in [-0.2, -0.15) is 0 Å². The maximum absolute atomic E-state index is 12.3. The van der Waals surface area contributed by atoms with Gasteiger partial charge in [0.25, 0.3) is 5.91 Å². The van der Waals surface area contributed by atoms with Crippen LogP contribution in [0.3, 0.4) is 0 Å². The Kier molecular flexibility index (Phi) is 6.56. The second kappa shape index (κ2) is 8.22. The Morgan fingerprint density at radius 3 is 2.65 bits per heavy atom. The zero-order valence-corrected chi connectivity index (χ0v) is 16.4. The van der Waals surface area contributed by atoms with Crippen LogP contribution in [0.25, 0.3) is 0 Å². The number of hydrogen-bond donors (Lipinski definition) is 1. The molecule has 0 aliphatic carbocycles. The average molecular weight is 464 g/mol. The second-order valence-electron chi connectivity index (χ2n) is 4.98. The van der Waals surface area contributed by atoms with Gasteiger partial charge in [0.05, 0.1) is 5.02 Å². The van der Waals surface area contributed by atoms with Crippen LogP contribution in [-0.4, -0.2) is 12.0 Å². The van der Waals surface area contributed by atoms with Crippen molar-refractivity contribution >= 4 is 57.4 Å². The summed E-state index contributed by atoms with van der Waals surface area (Å²) in [6.45, 7) is 3.73. The van der Waals surface area contributed by atoms with Crippen molar-refractivity contribution in [2.24, 2.45) is 0 Å². The average Bonchev–Trinajstić information content (AvgIpc) is 2.51. The Labute approximate surface area is 159 Å². The first-order chi connectivity index (χ1) is 10.9. The van der Waals surface area contributed by atoms with Crippen LogP contribution < -0.4 is 10.1 Å². The molecule has 2 rings (SSSR count). The van der Waals surface area contributed by atoms with Crippen molar-refractivity contribution in [1.29, 1.82) is 0 Å². The van der Waals surface area contributed by atoms with Crippen LogP contribution in [0.15, 0.2) is 36.4 Å². The predicted octanol–water partition coefficient (Wildman–Crippen LogP) is 5.57. The summed E-state index contributed by atoms with van der Waals surface area (Å²) in [6, 6.07) is 10.8. The molecule has 0 spiro atoms. The lowest BCUT2D eigenvalue weighted by Crippen LogP contribution is -2.30. The number of halogens is 3. The van der Waals surface area contributed by atoms with Crippen LogP contribution in [0.1, 0.15) is 19.4 Å². The molecule has 6 heteroatoms. The Bertz CT molecular complexity index is 722. The van der Waals surface area contributed by atoms with Crippen molar-refractivity contribution in [3.8, 4) is 5.75 Å². The van der Waals surface area contributed by atoms with E-state index in [0.717, 1.165) is 21.2 Å². The van der Waals surface area contributed by atoms with E-state index < -0.39 is 6.10 Å². The van der Waals surface area contributed by atoms with Gasteiger partial charge in [0.1, 0.15) is 5.75 Å². The quantitative estimate of drug-likeness (QED) is 0.589. The molecule has 0 saturated heterocycles. The molecule has 0 aromatic heterocycles. The molecule has 23 heavy (non-hydrogen) atoms. The highest BCUT2D eigenvalue weighted by atomic mass is 127. The first kappa shape index (κ1) is 18.4. The molecule has 0 fully saturated rings. The van der Waals surface area contributed by atoms with Crippen LogP contribution in [-0.2, 0) is 11.2 Å². The standard InChI is InChI=1S/C17H16Cl2INO2/c1-3-11-8-13(20)5-6-15(11)21-17(22)10(2)23-16-7-4-12(18)9-14(16)19/h4-10H,3H2,1-2H3,(H,21,22). The third-order valence-corrected chi connectivity index (χ3v) is 4.47. The summed E-state index contributed by atoms with van der Waals surface area (Å²) in [6.07, 6.45) is 0.155. The number of amides is 1. The molecule has 1 N–H and O–H groups in total. The molecule has 0 saturated carbocycles. The summed E-state index contributed by atoms with van der Waals surface area (Å²) in [7, 11) is 0. The van der Waals surface area contributed by atoms with Gasteiger partial charge < -0.3 is 10.1 Å². The van der Waals surface area contributed by atoms with Gasteiger partial charge in [-0.25, -0.2) is 0 Å². The number of ether oxygens (including phenoxy) is 1. The maximum atomic E-state index is 12.3. The SMILES string of the molecule is CCc1cc(I)ccc1NC(=O)C(C)Oc1ccc(Cl)cc1Cl. The first-order valence-electron chi connectivity index (χ1n) is 7.11. The molecule has 1 amide bonds. The normalized spacial score (nSPS) is 11.9. The van der Waals surface area contributed by atoms with Crippen LogP contribution in [0.2, 0.25) is 10.0 Å². The fraction of sp³-hybridized carbons (Fsp3) is 0.235. The monoisotopic (exact) mass is 463 g/mol. The lowest BCUT2D eigenvalue weighted by Gasteiger charge is -2.17. The van der Waals surface area contributed by atoms with Crippen LogP contribution in [0.5, 0.6) is 5.75 Å². The fourth-order valence-corrected chi connectivity index (χ4v) is 3.03. The highest BCUT2D eigenvalue weighted by Gasteiger charge is 2.17. The van der Waals surface area contributed by atoms with E-state index >= 15 is 0 Å². The minimum absolute atomic E-state index is 0.230. The number of anilines is 1. The molecule has 2 aromatic carbocycles. The highest BCUT2D eigenvalue weighted by molar-refractivity contribution is 14.1. The van der Waals surface area contributed by atoms with Crippen LogP contribution in [0.4, 0.5) is 5.69 Å². The Morgan fingerprint density at radius 2 is 2.00 bits per heavy atom. The zero-order chi connectivity index (χ0) is 17.0. The number of rotatable bonds is 5. The van der Waals surface area contributed by atoms with Gasteiger partial charge >= 0.3 is 0 Å². The van der Waals surface area contributed by atoms with Crippen molar-refractivity contribution < 1.29 is 9.53 Å². The number of carbonyl (C=O) groups is 1. The highest BCUT2D eigenvalue weighted by Crippen LogP contribution is 2.28. The molecule has 0 heterocycles. The van der Waals surface area contributed by atoms with E-state index in [1.807, 2.05) is 12.1 Å². The first-order valence-corrected chi connectivity index (χ1v) is 8.95. The molecule has 0 aliphatic heterocycles. The molecular formula is C17H16Cl2INO2. The molecule has 2 aromatic rings. The van der Waals surface area contributed by atoms with Crippen molar-refractivity contribution in [1.82, 2.24) is 0 Å². The summed E-state index contributed by atoms with van der Waals surface area (Å²) in [5, 5.41) is 3.80. The van der Waals surface area contributed by atoms with Crippen molar-refractivity contribution in [3.63, 3.8) is 0 Å². The molecule has 122 valence electrons. The summed E-state index contributed by atoms with van der Waals surface area (Å²) in [5.41, 5.74) is 1.89. The van der Waals surface area contributed by atoms with Gasteiger partial charge in [-0.05, 0) is 77.9 Å². The van der Waals surface area contributed by atoms with E-state index in [1.54, 1.807) is 25.1 Å². The molecule has 1 atom stereocenters. The van der Waals surface area contributed by atoms with E-state index in [9.17, 15) is 4.79 Å². The van der Waals surface area contributed by atoms with Gasteiger partial charge in [0.2, 0.25) is 0 Å². The fourth-order valence-electron chi connectivity index (χ4n) is 2.03. The topological polar surface area (TPSA) is 38.3 Å². The lowest BCUT2D eigenvalue weighted by molar-refractivity contribution is -0.122. The molecule has 0 radical (unpaired) electrons. The maximum Gasteiger partial charge on any atom is 0.265 e. The van der Waals surface area contributed by atoms with E-state index in [4.69, 9.17) is 27.9 Å². The Balaban J connectivity index is 2.08. The van der Waals surface area contributed by atoms with Gasteiger partial charge in [0, 0.05) is 14.3 Å². The summed E-state index contributed by atoms with van der Waals surface area (Å²) < 4.78 is 6.76. The largest absolute Gasteiger partial charge is 0.479 e. The molecule has 3 nitrogen and oxygen atoms in total. The number of aryl methyl sites for hydroxylation is 1. The van der Waals surface area contributed by atoms with Crippen LogP contribution in [0, 0.1) is 3.57 Å². The Morgan fingerprint density at radius 1 is 1.26 bits per heavy atom. The second-order valence-corrected chi connectivity index (χ2v) is 7.07. The number of benzene rings is 2. The van der Waals surface area contributed by atoms with Crippen molar-refractivity contribution in [3.05, 3.63) is 55.6 Å². The number of carbonyl (C=O) groups excluding carboxylic acids is 1. The molecular weight excluding hydrogens is 448 g/mol. The van der Waals surface area contributed by atoms with Gasteiger partial charge in [-0.1, -0.05) is 30.1 Å². The summed E-state index contributed by atoms with van der Waals surface area (Å²) in [4.78, 5) is 12.3. The summed E-state index contributed by atoms with van der Waals surface area (Å²) >= 11 is 14.2. The minimum Gasteiger partial charge on any atom is -0.479 e. The predicted molar refractivity (Wildman–Crippen MR) is 104 cm³/mol. The number of hydrogen-bond acceptors (Lipinski definition) is 2. The lowest BCUT2D eigenvalue weighted by atomic mass is 10.1. The molecule has 0 bridgehead atoms. The van der Waals surface area contributed by atoms with Gasteiger partial charge in [0.15, 0.2) is 6.10 Å². The minimum atomic E-state index is -0.683. The van der Waals surface area contributed by atoms with E-state index in [0.29, 0.717) is 15.8 Å². The van der Waals surface area contributed by atoms with Crippen molar-refractivity contribution in [2.45, 2.75) is 26.4 Å². The van der Waals surface area contributed by atoms with Gasteiger partial charge in [-0.15, -0.1) is 0 Å². The van der Waals surface area contributed by atoms with E-state index in [2.05, 4.69) is 40.9 Å². The van der Waals surface area contributed by atoms with E-state index in [1.165, 1.54) is 0 Å². The zero-order valence-electron chi connectivity index (χ0n) is 12.7. The van der Waals surface area contributed by atoms with Crippen molar-refractivity contribution in [2.75, 3.05) is 5.32 Å². The van der Waals surface area contributed by atoms with E-state index in [-0.39, 0.29) is 5.91 Å². The van der Waals surface area contributed by atoms with Crippen LogP contribution >= 0.6 is 45.8 Å². The third-order valence-electron chi connectivity index (χ3n) is 3.27. The Hall–Kier alpha value is -0.980. The smallest absolute Gasteiger partial charge is 0.265 e. The summed E-state index contributed by atoms with van der Waals surface area (Å²) in [5.74, 6) is 0.198. The van der Waals surface area contributed by atoms with Gasteiger partial charge in [-0.3, -0.25) is 4.79 Å². The molecule has 1 unspecified atom stereocenters.